The largest absolute Gasteiger partial charge is 0.338 e. The maximum Gasteiger partial charge on any atom is 0.246 e. The van der Waals surface area contributed by atoms with E-state index in [1.54, 1.807) is 22.7 Å². The number of carbonyl (C=O) groups excluding carboxylic acids is 1. The molecule has 5 nitrogen and oxygen atoms in total. The summed E-state index contributed by atoms with van der Waals surface area (Å²) < 4.78 is 1.59. The molecule has 1 aliphatic rings. The Morgan fingerprint density at radius 3 is 2.83 bits per heavy atom. The summed E-state index contributed by atoms with van der Waals surface area (Å²) in [4.78, 5) is 13.7. The van der Waals surface area contributed by atoms with Crippen LogP contribution < -0.4 is 5.73 Å². The van der Waals surface area contributed by atoms with E-state index >= 15 is 0 Å². The van der Waals surface area contributed by atoms with Gasteiger partial charge in [-0.2, -0.15) is 5.10 Å². The lowest BCUT2D eigenvalue weighted by Crippen LogP contribution is -2.30. The molecule has 0 aromatic carbocycles. The number of nitrogens with zero attached hydrogens (tertiary/aromatic N) is 3. The first-order chi connectivity index (χ1) is 8.49. The molecule has 2 N–H and O–H groups in total. The molecule has 2 rings (SSSR count). The van der Waals surface area contributed by atoms with Gasteiger partial charge in [0.05, 0.1) is 5.69 Å². The van der Waals surface area contributed by atoms with E-state index in [4.69, 9.17) is 17.3 Å². The van der Waals surface area contributed by atoms with Crippen molar-refractivity contribution in [3.05, 3.63) is 22.5 Å². The van der Waals surface area contributed by atoms with E-state index in [2.05, 4.69) is 5.10 Å². The molecule has 2 heterocycles. The van der Waals surface area contributed by atoms with Crippen molar-refractivity contribution in [3.63, 3.8) is 0 Å². The fourth-order valence-electron chi connectivity index (χ4n) is 2.08. The maximum atomic E-state index is 11.9. The topological polar surface area (TPSA) is 64.2 Å². The molecule has 1 fully saturated rings. The van der Waals surface area contributed by atoms with Gasteiger partial charge in [0.1, 0.15) is 5.15 Å². The lowest BCUT2D eigenvalue weighted by atomic mass is 10.2. The van der Waals surface area contributed by atoms with Crippen LogP contribution in [0.4, 0.5) is 0 Å². The van der Waals surface area contributed by atoms with Gasteiger partial charge in [0.25, 0.3) is 0 Å². The number of hydrogen-bond donors (Lipinski definition) is 1. The number of nitrogens with two attached hydrogens (primary N) is 1. The number of aryl methyl sites for hydroxylation is 2. The van der Waals surface area contributed by atoms with Crippen molar-refractivity contribution >= 4 is 23.6 Å². The zero-order chi connectivity index (χ0) is 13.3. The number of rotatable bonds is 2. The Balaban J connectivity index is 2.09. The number of aromatic nitrogens is 2. The van der Waals surface area contributed by atoms with Gasteiger partial charge in [-0.3, -0.25) is 9.48 Å². The molecule has 0 spiro atoms. The van der Waals surface area contributed by atoms with E-state index in [0.717, 1.165) is 24.2 Å². The van der Waals surface area contributed by atoms with Crippen molar-refractivity contribution in [2.24, 2.45) is 12.8 Å². The molecule has 98 valence electrons. The molecule has 1 aromatic heterocycles. The normalized spacial score (nSPS) is 20.0. The van der Waals surface area contributed by atoms with Gasteiger partial charge in [0, 0.05) is 37.8 Å². The van der Waals surface area contributed by atoms with Crippen molar-refractivity contribution in [1.82, 2.24) is 14.7 Å². The molecule has 6 heteroatoms. The molecular formula is C12H17ClN4O. The van der Waals surface area contributed by atoms with Gasteiger partial charge in [-0.1, -0.05) is 11.6 Å². The van der Waals surface area contributed by atoms with Crippen molar-refractivity contribution in [3.8, 4) is 0 Å². The summed E-state index contributed by atoms with van der Waals surface area (Å²) in [7, 11) is 1.77. The SMILES string of the molecule is Cc1nn(C)c(Cl)c1/C=C/C(=O)N1CCC(N)C1. The number of hydrogen-bond acceptors (Lipinski definition) is 3. The first-order valence-corrected chi connectivity index (χ1v) is 6.28. The zero-order valence-electron chi connectivity index (χ0n) is 10.6. The van der Waals surface area contributed by atoms with Crippen LogP contribution in [0.1, 0.15) is 17.7 Å². The minimum atomic E-state index is -0.0257. The summed E-state index contributed by atoms with van der Waals surface area (Å²) in [5.41, 5.74) is 7.37. The van der Waals surface area contributed by atoms with Crippen LogP contribution in [0.25, 0.3) is 6.08 Å². The quantitative estimate of drug-likeness (QED) is 0.813. The molecule has 1 saturated heterocycles. The summed E-state index contributed by atoms with van der Waals surface area (Å²) in [6.07, 6.45) is 4.12. The number of carbonyl (C=O) groups is 1. The average molecular weight is 269 g/mol. The van der Waals surface area contributed by atoms with Gasteiger partial charge in [0.15, 0.2) is 0 Å². The van der Waals surface area contributed by atoms with Crippen molar-refractivity contribution < 1.29 is 4.79 Å². The second kappa shape index (κ2) is 5.12. The molecular weight excluding hydrogens is 252 g/mol. The minimum absolute atomic E-state index is 0.0257. The van der Waals surface area contributed by atoms with Gasteiger partial charge in [-0.25, -0.2) is 0 Å². The number of likely N-dealkylation sites (tertiary alicyclic amines) is 1. The van der Waals surface area contributed by atoms with E-state index in [9.17, 15) is 4.79 Å². The molecule has 0 saturated carbocycles. The molecule has 18 heavy (non-hydrogen) atoms. The van der Waals surface area contributed by atoms with Gasteiger partial charge < -0.3 is 10.6 Å². The second-order valence-electron chi connectivity index (χ2n) is 4.58. The van der Waals surface area contributed by atoms with Gasteiger partial charge >= 0.3 is 0 Å². The van der Waals surface area contributed by atoms with Gasteiger partial charge in [0.2, 0.25) is 5.91 Å². The Morgan fingerprint density at radius 1 is 1.61 bits per heavy atom. The van der Waals surface area contributed by atoms with Crippen molar-refractivity contribution in [2.45, 2.75) is 19.4 Å². The van der Waals surface area contributed by atoms with Crippen LogP contribution >= 0.6 is 11.6 Å². The summed E-state index contributed by atoms with van der Waals surface area (Å²) in [6, 6.07) is 0.103. The summed E-state index contributed by atoms with van der Waals surface area (Å²) in [5.74, 6) is -0.0257. The molecule has 0 radical (unpaired) electrons. The smallest absolute Gasteiger partial charge is 0.246 e. The van der Waals surface area contributed by atoms with Crippen LogP contribution in [0.15, 0.2) is 6.08 Å². The minimum Gasteiger partial charge on any atom is -0.338 e. The molecule has 1 unspecified atom stereocenters. The third-order valence-corrected chi connectivity index (χ3v) is 3.57. The first kappa shape index (κ1) is 13.1. The average Bonchev–Trinajstić information content (AvgIpc) is 2.83. The predicted octanol–water partition coefficient (Wildman–Crippen LogP) is 0.955. The Bertz CT molecular complexity index is 495. The highest BCUT2D eigenvalue weighted by atomic mass is 35.5. The van der Waals surface area contributed by atoms with Crippen LogP contribution in [0.2, 0.25) is 5.15 Å². The lowest BCUT2D eigenvalue weighted by molar-refractivity contribution is -0.124. The molecule has 1 atom stereocenters. The van der Waals surface area contributed by atoms with E-state index < -0.39 is 0 Å². The molecule has 1 aromatic rings. The van der Waals surface area contributed by atoms with Crippen LogP contribution in [0.5, 0.6) is 0 Å². The first-order valence-electron chi connectivity index (χ1n) is 5.90. The van der Waals surface area contributed by atoms with Crippen LogP contribution in [0.3, 0.4) is 0 Å². The summed E-state index contributed by atoms with van der Waals surface area (Å²) in [5, 5.41) is 4.72. The lowest BCUT2D eigenvalue weighted by Gasteiger charge is -2.12. The fourth-order valence-corrected chi connectivity index (χ4v) is 2.32. The monoisotopic (exact) mass is 268 g/mol. The maximum absolute atomic E-state index is 11.9. The zero-order valence-corrected chi connectivity index (χ0v) is 11.3. The van der Waals surface area contributed by atoms with Crippen molar-refractivity contribution in [1.29, 1.82) is 0 Å². The Labute approximate surface area is 111 Å². The van der Waals surface area contributed by atoms with E-state index in [-0.39, 0.29) is 11.9 Å². The van der Waals surface area contributed by atoms with Crippen LogP contribution in [-0.4, -0.2) is 39.7 Å². The van der Waals surface area contributed by atoms with Crippen LogP contribution in [0, 0.1) is 6.92 Å². The Morgan fingerprint density at radius 2 is 2.33 bits per heavy atom. The van der Waals surface area contributed by atoms with E-state index in [1.165, 1.54) is 6.08 Å². The van der Waals surface area contributed by atoms with Crippen molar-refractivity contribution in [2.75, 3.05) is 13.1 Å². The highest BCUT2D eigenvalue weighted by molar-refractivity contribution is 6.31. The molecule has 1 aliphatic heterocycles. The molecule has 0 bridgehead atoms. The molecule has 0 aliphatic carbocycles. The third-order valence-electron chi connectivity index (χ3n) is 3.13. The molecule has 1 amide bonds. The Hall–Kier alpha value is -1.33. The fraction of sp³-hybridized carbons (Fsp3) is 0.500. The van der Waals surface area contributed by atoms with E-state index in [1.807, 2.05) is 6.92 Å². The number of halogens is 1. The highest BCUT2D eigenvalue weighted by Gasteiger charge is 2.21. The summed E-state index contributed by atoms with van der Waals surface area (Å²) in [6.45, 7) is 3.22. The highest BCUT2D eigenvalue weighted by Crippen LogP contribution is 2.20. The van der Waals surface area contributed by atoms with E-state index in [0.29, 0.717) is 11.7 Å². The second-order valence-corrected chi connectivity index (χ2v) is 4.94. The number of amides is 1. The van der Waals surface area contributed by atoms with Crippen LogP contribution in [-0.2, 0) is 11.8 Å². The van der Waals surface area contributed by atoms with Gasteiger partial charge in [-0.15, -0.1) is 0 Å². The standard InChI is InChI=1S/C12H17ClN4O/c1-8-10(12(13)16(2)15-8)3-4-11(18)17-6-5-9(14)7-17/h3-4,9H,5-7,14H2,1-2H3/b4-3+. The third kappa shape index (κ3) is 2.57. The predicted molar refractivity (Wildman–Crippen MR) is 71.2 cm³/mol. The van der Waals surface area contributed by atoms with Gasteiger partial charge in [-0.05, 0) is 19.4 Å². The summed E-state index contributed by atoms with van der Waals surface area (Å²) >= 11 is 6.08. The Kier molecular flexibility index (Phi) is 3.73.